The Balaban J connectivity index is 0. The zero-order valence-electron chi connectivity index (χ0n) is 12.0. The molecule has 0 unspecified atom stereocenters. The van der Waals surface area contributed by atoms with Crippen molar-refractivity contribution in [3.05, 3.63) is 24.3 Å². The van der Waals surface area contributed by atoms with Gasteiger partial charge in [-0.05, 0) is 27.5 Å². The molecule has 5 heteroatoms. The SMILES string of the molecule is C=C(NCC(C)(C)F)c1cnc(C)[nH]1.C=N.CC. The molecule has 0 radical (unpaired) electrons. The van der Waals surface area contributed by atoms with Gasteiger partial charge >= 0.3 is 0 Å². The van der Waals surface area contributed by atoms with Gasteiger partial charge in [0, 0.05) is 6.54 Å². The number of aryl methyl sites for hydroxylation is 1. The third-order valence-electron chi connectivity index (χ3n) is 1.75. The Kier molecular flexibility index (Phi) is 9.76. The molecule has 0 amide bonds. The molecule has 1 rings (SSSR count). The fraction of sp³-hybridized carbons (Fsp3) is 0.538. The van der Waals surface area contributed by atoms with Crippen molar-refractivity contribution < 1.29 is 4.39 Å². The van der Waals surface area contributed by atoms with Gasteiger partial charge in [0.15, 0.2) is 0 Å². The van der Waals surface area contributed by atoms with Crippen molar-refractivity contribution in [3.8, 4) is 0 Å². The van der Waals surface area contributed by atoms with Gasteiger partial charge in [-0.1, -0.05) is 20.4 Å². The summed E-state index contributed by atoms with van der Waals surface area (Å²) in [6.45, 7) is 15.4. The number of hydrogen-bond donors (Lipinski definition) is 3. The topological polar surface area (TPSA) is 64.6 Å². The molecule has 0 saturated heterocycles. The van der Waals surface area contributed by atoms with Crippen molar-refractivity contribution in [2.75, 3.05) is 6.54 Å². The molecule has 18 heavy (non-hydrogen) atoms. The monoisotopic (exact) mass is 256 g/mol. The number of halogens is 1. The molecular weight excluding hydrogens is 231 g/mol. The molecule has 0 atom stereocenters. The van der Waals surface area contributed by atoms with Crippen LogP contribution in [-0.4, -0.2) is 28.9 Å². The summed E-state index contributed by atoms with van der Waals surface area (Å²) in [4.78, 5) is 7.05. The Morgan fingerprint density at radius 2 is 2.00 bits per heavy atom. The molecule has 1 aromatic rings. The van der Waals surface area contributed by atoms with Gasteiger partial charge in [0.05, 0.1) is 17.6 Å². The smallest absolute Gasteiger partial charge is 0.122 e. The second kappa shape index (κ2) is 9.39. The first-order valence-electron chi connectivity index (χ1n) is 5.87. The number of alkyl halides is 1. The molecular formula is C13H25FN4. The summed E-state index contributed by atoms with van der Waals surface area (Å²) in [7, 11) is 0. The maximum atomic E-state index is 13.1. The summed E-state index contributed by atoms with van der Waals surface area (Å²) < 4.78 is 13.1. The number of nitrogens with one attached hydrogen (secondary N) is 3. The number of imidazole rings is 1. The van der Waals surface area contributed by atoms with Crippen molar-refractivity contribution in [2.45, 2.75) is 40.3 Å². The van der Waals surface area contributed by atoms with Gasteiger partial charge in [-0.2, -0.15) is 0 Å². The predicted molar refractivity (Wildman–Crippen MR) is 76.7 cm³/mol. The van der Waals surface area contributed by atoms with Crippen LogP contribution in [0.3, 0.4) is 0 Å². The molecule has 0 aliphatic heterocycles. The lowest BCUT2D eigenvalue weighted by atomic mass is 10.2. The summed E-state index contributed by atoms with van der Waals surface area (Å²) in [6.07, 6.45) is 1.68. The van der Waals surface area contributed by atoms with Gasteiger partial charge in [0.25, 0.3) is 0 Å². The van der Waals surface area contributed by atoms with E-state index >= 15 is 0 Å². The highest BCUT2D eigenvalue weighted by Crippen LogP contribution is 2.10. The number of hydrogen-bond acceptors (Lipinski definition) is 3. The Morgan fingerprint density at radius 1 is 1.50 bits per heavy atom. The summed E-state index contributed by atoms with van der Waals surface area (Å²) >= 11 is 0. The second-order valence-corrected chi connectivity index (χ2v) is 3.93. The van der Waals surface area contributed by atoms with Crippen molar-refractivity contribution in [2.24, 2.45) is 0 Å². The fourth-order valence-corrected chi connectivity index (χ4v) is 0.986. The van der Waals surface area contributed by atoms with Gasteiger partial charge in [-0.25, -0.2) is 9.37 Å². The van der Waals surface area contributed by atoms with Gasteiger partial charge in [-0.3, -0.25) is 0 Å². The summed E-state index contributed by atoms with van der Waals surface area (Å²) in [6, 6.07) is 0. The molecule has 0 bridgehead atoms. The van der Waals surface area contributed by atoms with Crippen molar-refractivity contribution in [3.63, 3.8) is 0 Å². The van der Waals surface area contributed by atoms with E-state index in [1.165, 1.54) is 13.8 Å². The van der Waals surface area contributed by atoms with Gasteiger partial charge < -0.3 is 15.7 Å². The van der Waals surface area contributed by atoms with E-state index in [0.29, 0.717) is 5.70 Å². The van der Waals surface area contributed by atoms with Gasteiger partial charge in [-0.15, -0.1) is 0 Å². The van der Waals surface area contributed by atoms with E-state index in [9.17, 15) is 4.39 Å². The van der Waals surface area contributed by atoms with E-state index < -0.39 is 5.67 Å². The molecule has 0 spiro atoms. The minimum atomic E-state index is -1.24. The van der Waals surface area contributed by atoms with Crippen LogP contribution in [0, 0.1) is 12.3 Å². The summed E-state index contributed by atoms with van der Waals surface area (Å²) in [5.41, 5.74) is 0.223. The van der Waals surface area contributed by atoms with Crippen LogP contribution >= 0.6 is 0 Å². The number of nitrogens with zero attached hydrogens (tertiary/aromatic N) is 1. The summed E-state index contributed by atoms with van der Waals surface area (Å²) in [5.74, 6) is 0.822. The van der Waals surface area contributed by atoms with Crippen LogP contribution in [0.1, 0.15) is 39.2 Å². The highest BCUT2D eigenvalue weighted by atomic mass is 19.1. The van der Waals surface area contributed by atoms with Crippen LogP contribution in [0.4, 0.5) is 4.39 Å². The maximum Gasteiger partial charge on any atom is 0.122 e. The first kappa shape index (κ1) is 18.7. The van der Waals surface area contributed by atoms with Crippen LogP contribution in [0.15, 0.2) is 12.8 Å². The molecule has 3 N–H and O–H groups in total. The number of aromatic amines is 1. The zero-order chi connectivity index (χ0) is 14.8. The zero-order valence-corrected chi connectivity index (χ0v) is 12.0. The number of rotatable bonds is 4. The first-order chi connectivity index (χ1) is 8.38. The number of aromatic nitrogens is 2. The van der Waals surface area contributed by atoms with Crippen molar-refractivity contribution in [1.82, 2.24) is 15.3 Å². The van der Waals surface area contributed by atoms with Crippen LogP contribution in [0.25, 0.3) is 5.70 Å². The van der Waals surface area contributed by atoms with Crippen LogP contribution in [0.2, 0.25) is 0 Å². The highest BCUT2D eigenvalue weighted by Gasteiger charge is 2.15. The molecule has 4 nitrogen and oxygen atoms in total. The Bertz CT molecular complexity index is 339. The van der Waals surface area contributed by atoms with Crippen molar-refractivity contribution >= 4 is 12.4 Å². The molecule has 0 fully saturated rings. The fourth-order valence-electron chi connectivity index (χ4n) is 0.986. The lowest BCUT2D eigenvalue weighted by Gasteiger charge is -2.16. The third-order valence-corrected chi connectivity index (χ3v) is 1.75. The van der Waals surface area contributed by atoms with Gasteiger partial charge in [0.1, 0.15) is 11.5 Å². The molecule has 0 aliphatic carbocycles. The molecule has 1 heterocycles. The van der Waals surface area contributed by atoms with E-state index in [0.717, 1.165) is 11.5 Å². The maximum absolute atomic E-state index is 13.1. The van der Waals surface area contributed by atoms with E-state index in [-0.39, 0.29) is 6.54 Å². The predicted octanol–water partition coefficient (Wildman–Crippen LogP) is 3.32. The van der Waals surface area contributed by atoms with E-state index in [4.69, 9.17) is 5.41 Å². The Hall–Kier alpha value is -1.65. The molecule has 0 aromatic carbocycles. The molecule has 0 saturated carbocycles. The standard InChI is InChI=1S/C10H16FN3.C2H6.CH3N/c1-7(13-6-10(3,4)11)9-5-12-8(2)14-9;2*1-2/h5,13H,1,6H2,2-4H3,(H,12,14);1-2H3;2H,1H2. The summed E-state index contributed by atoms with van der Waals surface area (Å²) in [5, 5.41) is 8.41. The van der Waals surface area contributed by atoms with Crippen LogP contribution in [-0.2, 0) is 0 Å². The van der Waals surface area contributed by atoms with Crippen LogP contribution in [0.5, 0.6) is 0 Å². The van der Waals surface area contributed by atoms with Crippen LogP contribution < -0.4 is 5.32 Å². The minimum Gasteiger partial charge on any atom is -0.381 e. The lowest BCUT2D eigenvalue weighted by Crippen LogP contribution is -2.29. The Labute approximate surface area is 109 Å². The van der Waals surface area contributed by atoms with E-state index in [1.54, 1.807) is 6.20 Å². The van der Waals surface area contributed by atoms with E-state index in [1.807, 2.05) is 20.8 Å². The largest absolute Gasteiger partial charge is 0.381 e. The Morgan fingerprint density at radius 3 is 2.33 bits per heavy atom. The van der Waals surface area contributed by atoms with E-state index in [2.05, 4.69) is 28.6 Å². The van der Waals surface area contributed by atoms with Crippen molar-refractivity contribution in [1.29, 1.82) is 5.41 Å². The average molecular weight is 256 g/mol. The average Bonchev–Trinajstić information content (AvgIpc) is 2.77. The quantitative estimate of drug-likeness (QED) is 0.723. The van der Waals surface area contributed by atoms with Gasteiger partial charge in [0.2, 0.25) is 0 Å². The normalized spacial score (nSPS) is 9.44. The second-order valence-electron chi connectivity index (χ2n) is 3.93. The number of H-pyrrole nitrogens is 1. The minimum absolute atomic E-state index is 0.240. The highest BCUT2D eigenvalue weighted by molar-refractivity contribution is 5.57. The molecule has 1 aromatic heterocycles. The third kappa shape index (κ3) is 8.50. The lowest BCUT2D eigenvalue weighted by molar-refractivity contribution is 0.219. The molecule has 104 valence electrons. The molecule has 0 aliphatic rings. The first-order valence-corrected chi connectivity index (χ1v) is 5.87.